The van der Waals surface area contributed by atoms with Crippen molar-refractivity contribution in [1.29, 1.82) is 0 Å². The lowest BCUT2D eigenvalue weighted by Gasteiger charge is -2.09. The van der Waals surface area contributed by atoms with Crippen molar-refractivity contribution < 1.29 is 0 Å². The molecular weight excluding hydrogens is 326 g/mol. The van der Waals surface area contributed by atoms with Gasteiger partial charge in [-0.1, -0.05) is 5.92 Å². The van der Waals surface area contributed by atoms with Gasteiger partial charge in [-0.2, -0.15) is 5.10 Å². The number of nitrogens with zero attached hydrogens (tertiary/aromatic N) is 2. The average molecular weight is 338 g/mol. The Morgan fingerprint density at radius 3 is 3.05 bits per heavy atom. The third-order valence-corrected chi connectivity index (χ3v) is 4.42. The maximum Gasteiger partial charge on any atom is 0.284 e. The maximum atomic E-state index is 11.9. The van der Waals surface area contributed by atoms with E-state index in [0.29, 0.717) is 16.7 Å². The normalized spacial score (nSPS) is 10.2. The zero-order valence-corrected chi connectivity index (χ0v) is 12.7. The van der Waals surface area contributed by atoms with E-state index >= 15 is 0 Å². The van der Waals surface area contributed by atoms with E-state index in [2.05, 4.69) is 45.3 Å². The number of hydrogen-bond acceptors (Lipinski definition) is 4. The molecule has 0 bridgehead atoms. The molecule has 0 unspecified atom stereocenters. The second-order valence-corrected chi connectivity index (χ2v) is 5.71. The number of nitrogens with one attached hydrogen (secondary N) is 1. The van der Waals surface area contributed by atoms with Gasteiger partial charge >= 0.3 is 0 Å². The molecule has 0 saturated heterocycles. The molecule has 4 nitrogen and oxygen atoms in total. The van der Waals surface area contributed by atoms with E-state index in [-0.39, 0.29) is 12.1 Å². The third-order valence-electron chi connectivity index (χ3n) is 2.63. The van der Waals surface area contributed by atoms with E-state index in [1.807, 2.05) is 5.38 Å². The third kappa shape index (κ3) is 3.06. The summed E-state index contributed by atoms with van der Waals surface area (Å²) in [7, 11) is 0. The van der Waals surface area contributed by atoms with Crippen LogP contribution < -0.4 is 10.9 Å². The Bertz CT molecular complexity index is 684. The highest BCUT2D eigenvalue weighted by atomic mass is 79.9. The first-order valence-corrected chi connectivity index (χ1v) is 7.26. The molecule has 0 aromatic carbocycles. The molecule has 0 saturated carbocycles. The summed E-state index contributed by atoms with van der Waals surface area (Å²) in [6, 6.07) is 2.07. The Labute approximate surface area is 123 Å². The van der Waals surface area contributed by atoms with E-state index < -0.39 is 0 Å². The summed E-state index contributed by atoms with van der Waals surface area (Å²) in [5.74, 6) is 2.39. The highest BCUT2D eigenvalue weighted by molar-refractivity contribution is 9.10. The van der Waals surface area contributed by atoms with Gasteiger partial charge in [0.05, 0.1) is 11.9 Å². The summed E-state index contributed by atoms with van der Waals surface area (Å²) in [4.78, 5) is 13.2. The highest BCUT2D eigenvalue weighted by Crippen LogP contribution is 2.20. The van der Waals surface area contributed by atoms with Crippen molar-refractivity contribution in [3.05, 3.63) is 42.9 Å². The summed E-state index contributed by atoms with van der Waals surface area (Å²) < 4.78 is 1.69. The molecule has 0 radical (unpaired) electrons. The number of terminal acetylenes is 1. The average Bonchev–Trinajstić information content (AvgIpc) is 2.80. The first-order chi connectivity index (χ1) is 9.13. The van der Waals surface area contributed by atoms with Crippen molar-refractivity contribution in [2.24, 2.45) is 0 Å². The van der Waals surface area contributed by atoms with E-state index in [4.69, 9.17) is 6.42 Å². The van der Waals surface area contributed by atoms with Gasteiger partial charge < -0.3 is 5.32 Å². The second kappa shape index (κ2) is 6.04. The first-order valence-electron chi connectivity index (χ1n) is 5.59. The van der Waals surface area contributed by atoms with Crippen LogP contribution in [0, 0.1) is 19.3 Å². The number of thiophene rings is 1. The van der Waals surface area contributed by atoms with Gasteiger partial charge in [0.1, 0.15) is 11.0 Å². The van der Waals surface area contributed by atoms with Gasteiger partial charge in [-0.3, -0.25) is 4.79 Å². The van der Waals surface area contributed by atoms with Crippen LogP contribution in [-0.2, 0) is 13.1 Å². The predicted octanol–water partition coefficient (Wildman–Crippen LogP) is 2.62. The molecule has 2 aromatic heterocycles. The molecule has 19 heavy (non-hydrogen) atoms. The zero-order valence-electron chi connectivity index (χ0n) is 10.3. The second-order valence-electron chi connectivity index (χ2n) is 3.92. The molecule has 0 amide bonds. The number of aromatic nitrogens is 2. The van der Waals surface area contributed by atoms with Gasteiger partial charge in [-0.15, -0.1) is 17.8 Å². The van der Waals surface area contributed by atoms with Crippen LogP contribution in [0.2, 0.25) is 0 Å². The van der Waals surface area contributed by atoms with Crippen LogP contribution in [-0.4, -0.2) is 9.78 Å². The Morgan fingerprint density at radius 1 is 1.63 bits per heavy atom. The lowest BCUT2D eigenvalue weighted by Crippen LogP contribution is -2.24. The summed E-state index contributed by atoms with van der Waals surface area (Å²) in [6.07, 6.45) is 6.78. The van der Waals surface area contributed by atoms with E-state index in [1.165, 1.54) is 15.1 Å². The predicted molar refractivity (Wildman–Crippen MR) is 81.4 cm³/mol. The number of aryl methyl sites for hydroxylation is 1. The van der Waals surface area contributed by atoms with E-state index in [0.717, 1.165) is 0 Å². The zero-order chi connectivity index (χ0) is 13.8. The molecule has 6 heteroatoms. The molecular formula is C13H12BrN3OS. The van der Waals surface area contributed by atoms with Crippen LogP contribution in [0.4, 0.5) is 5.69 Å². The van der Waals surface area contributed by atoms with Gasteiger partial charge in [0, 0.05) is 11.4 Å². The molecule has 98 valence electrons. The van der Waals surface area contributed by atoms with Crippen molar-refractivity contribution in [2.75, 3.05) is 5.32 Å². The quantitative estimate of drug-likeness (QED) is 0.872. The summed E-state index contributed by atoms with van der Waals surface area (Å²) in [6.45, 7) is 2.90. The van der Waals surface area contributed by atoms with Gasteiger partial charge in [-0.25, -0.2) is 4.68 Å². The number of halogens is 1. The van der Waals surface area contributed by atoms with Crippen LogP contribution >= 0.6 is 27.3 Å². The van der Waals surface area contributed by atoms with Crippen molar-refractivity contribution in [3.8, 4) is 12.3 Å². The van der Waals surface area contributed by atoms with Crippen LogP contribution in [0.15, 0.2) is 26.9 Å². The number of anilines is 1. The van der Waals surface area contributed by atoms with Crippen molar-refractivity contribution in [1.82, 2.24) is 9.78 Å². The molecule has 1 N–H and O–H groups in total. The maximum absolute atomic E-state index is 11.9. The fraction of sp³-hybridized carbons (Fsp3) is 0.231. The monoisotopic (exact) mass is 337 g/mol. The smallest absolute Gasteiger partial charge is 0.284 e. The van der Waals surface area contributed by atoms with Crippen LogP contribution in [0.1, 0.15) is 10.4 Å². The first kappa shape index (κ1) is 13.8. The fourth-order valence-electron chi connectivity index (χ4n) is 1.55. The Balaban J connectivity index is 2.18. The number of hydrogen-bond donors (Lipinski definition) is 1. The van der Waals surface area contributed by atoms with Crippen LogP contribution in [0.3, 0.4) is 0 Å². The van der Waals surface area contributed by atoms with Gasteiger partial charge in [0.25, 0.3) is 5.56 Å². The Kier molecular flexibility index (Phi) is 4.40. The van der Waals surface area contributed by atoms with E-state index in [9.17, 15) is 4.79 Å². The summed E-state index contributed by atoms with van der Waals surface area (Å²) >= 11 is 4.96. The molecule has 2 rings (SSSR count). The SMILES string of the molecule is C#CCn1ncc(NCc2sccc2C)c(Br)c1=O. The van der Waals surface area contributed by atoms with Crippen LogP contribution in [0.5, 0.6) is 0 Å². The number of rotatable bonds is 4. The lowest BCUT2D eigenvalue weighted by atomic mass is 10.3. The van der Waals surface area contributed by atoms with Gasteiger partial charge in [0.15, 0.2) is 0 Å². The molecule has 0 atom stereocenters. The molecule has 0 aliphatic carbocycles. The van der Waals surface area contributed by atoms with Crippen LogP contribution in [0.25, 0.3) is 0 Å². The standard InChI is InChI=1S/C13H12BrN3OS/c1-3-5-17-13(18)12(14)10(7-16-17)15-8-11-9(2)4-6-19-11/h1,4,6-7,15H,5,8H2,2H3. The summed E-state index contributed by atoms with van der Waals surface area (Å²) in [5.41, 5.74) is 1.68. The molecule has 0 spiro atoms. The molecule has 0 aliphatic rings. The minimum absolute atomic E-state index is 0.168. The minimum Gasteiger partial charge on any atom is -0.378 e. The van der Waals surface area contributed by atoms with Crippen molar-refractivity contribution >= 4 is 33.0 Å². The largest absolute Gasteiger partial charge is 0.378 e. The fourth-order valence-corrected chi connectivity index (χ4v) is 2.84. The lowest BCUT2D eigenvalue weighted by molar-refractivity contribution is 0.659. The Morgan fingerprint density at radius 2 is 2.42 bits per heavy atom. The van der Waals surface area contributed by atoms with Gasteiger partial charge in [-0.05, 0) is 39.9 Å². The van der Waals surface area contributed by atoms with E-state index in [1.54, 1.807) is 17.5 Å². The molecule has 0 aliphatic heterocycles. The Hall–Kier alpha value is -1.58. The van der Waals surface area contributed by atoms with Gasteiger partial charge in [0.2, 0.25) is 0 Å². The topological polar surface area (TPSA) is 46.9 Å². The molecule has 2 heterocycles. The molecule has 2 aromatic rings. The summed E-state index contributed by atoms with van der Waals surface area (Å²) in [5, 5.41) is 9.27. The molecule has 0 fully saturated rings. The van der Waals surface area contributed by atoms with Crippen molar-refractivity contribution in [3.63, 3.8) is 0 Å². The highest BCUT2D eigenvalue weighted by Gasteiger charge is 2.08. The minimum atomic E-state index is -0.231. The van der Waals surface area contributed by atoms with Crippen molar-refractivity contribution in [2.45, 2.75) is 20.0 Å².